The van der Waals surface area contributed by atoms with Gasteiger partial charge in [0.05, 0.1) is 11.6 Å². The van der Waals surface area contributed by atoms with Gasteiger partial charge < -0.3 is 15.5 Å². The van der Waals surface area contributed by atoms with Crippen molar-refractivity contribution in [2.45, 2.75) is 19.3 Å². The van der Waals surface area contributed by atoms with Crippen LogP contribution in [0, 0.1) is 11.3 Å². The number of rotatable bonds is 5. The summed E-state index contributed by atoms with van der Waals surface area (Å²) in [5.41, 5.74) is 3.52. The van der Waals surface area contributed by atoms with Crippen LogP contribution in [0.15, 0.2) is 60.9 Å². The summed E-state index contributed by atoms with van der Waals surface area (Å²) in [4.78, 5) is 23.2. The molecule has 2 N–H and O–H groups in total. The fraction of sp³-hybridized carbons (Fsp3) is 0.217. The summed E-state index contributed by atoms with van der Waals surface area (Å²) in [5.74, 6) is 0.200. The fourth-order valence-corrected chi connectivity index (χ4v) is 3.43. The number of benzene rings is 2. The van der Waals surface area contributed by atoms with E-state index >= 15 is 0 Å². The predicted octanol–water partition coefficient (Wildman–Crippen LogP) is 4.33. The van der Waals surface area contributed by atoms with E-state index in [1.54, 1.807) is 30.3 Å². The molecule has 1 aromatic heterocycles. The minimum absolute atomic E-state index is 0.265. The largest absolute Gasteiger partial charge is 0.372 e. The van der Waals surface area contributed by atoms with Gasteiger partial charge in [-0.2, -0.15) is 5.26 Å². The molecule has 0 saturated carbocycles. The normalized spacial score (nSPS) is 13.4. The predicted molar refractivity (Wildman–Crippen MR) is 117 cm³/mol. The molecule has 0 radical (unpaired) electrons. The molecule has 0 atom stereocenters. The van der Waals surface area contributed by atoms with Crippen LogP contribution < -0.4 is 15.5 Å². The first-order valence-electron chi connectivity index (χ1n) is 9.97. The molecule has 7 nitrogen and oxygen atoms in total. The Morgan fingerprint density at radius 3 is 2.33 bits per heavy atom. The zero-order valence-corrected chi connectivity index (χ0v) is 16.5. The van der Waals surface area contributed by atoms with Crippen LogP contribution in [-0.2, 0) is 0 Å². The molecule has 3 aromatic rings. The topological polar surface area (TPSA) is 93.9 Å². The quantitative estimate of drug-likeness (QED) is 0.664. The van der Waals surface area contributed by atoms with E-state index in [4.69, 9.17) is 5.26 Å². The summed E-state index contributed by atoms with van der Waals surface area (Å²) in [7, 11) is 0. The van der Waals surface area contributed by atoms with Gasteiger partial charge in [-0.15, -0.1) is 0 Å². The van der Waals surface area contributed by atoms with Gasteiger partial charge >= 0.3 is 0 Å². The maximum Gasteiger partial charge on any atom is 0.274 e. The Balaban J connectivity index is 1.40. The minimum Gasteiger partial charge on any atom is -0.372 e. The van der Waals surface area contributed by atoms with Crippen molar-refractivity contribution in [3.05, 3.63) is 72.2 Å². The highest BCUT2D eigenvalue weighted by atomic mass is 16.1. The van der Waals surface area contributed by atoms with Gasteiger partial charge in [0.15, 0.2) is 0 Å². The Morgan fingerprint density at radius 2 is 1.63 bits per heavy atom. The average molecular weight is 398 g/mol. The third kappa shape index (κ3) is 4.73. The molecule has 0 aliphatic carbocycles. The Kier molecular flexibility index (Phi) is 5.85. The molecule has 2 heterocycles. The number of hydrogen-bond donors (Lipinski definition) is 2. The van der Waals surface area contributed by atoms with E-state index in [-0.39, 0.29) is 11.6 Å². The summed E-state index contributed by atoms with van der Waals surface area (Å²) in [5, 5.41) is 14.9. The molecule has 0 spiro atoms. The Labute approximate surface area is 175 Å². The van der Waals surface area contributed by atoms with Crippen molar-refractivity contribution < 1.29 is 4.79 Å². The summed E-state index contributed by atoms with van der Waals surface area (Å²) < 4.78 is 0. The van der Waals surface area contributed by atoms with Crippen LogP contribution in [0.5, 0.6) is 0 Å². The van der Waals surface area contributed by atoms with E-state index < -0.39 is 0 Å². The second kappa shape index (κ2) is 9.05. The number of nitrogens with zero attached hydrogens (tertiary/aromatic N) is 4. The van der Waals surface area contributed by atoms with Gasteiger partial charge in [0.1, 0.15) is 17.8 Å². The van der Waals surface area contributed by atoms with Gasteiger partial charge in [0.25, 0.3) is 5.91 Å². The number of carbonyl (C=O) groups excluding carboxylic acids is 1. The molecule has 1 aliphatic heterocycles. The highest BCUT2D eigenvalue weighted by molar-refractivity contribution is 6.03. The number of anilines is 4. The number of nitriles is 1. The van der Waals surface area contributed by atoms with Crippen LogP contribution >= 0.6 is 0 Å². The van der Waals surface area contributed by atoms with Crippen LogP contribution in [0.1, 0.15) is 35.3 Å². The second-order valence-electron chi connectivity index (χ2n) is 7.15. The standard InChI is InChI=1S/C23H22N6O/c24-15-17-4-6-18(7-5-17)27-22-14-21(25-16-26-22)23(30)28-19-8-10-20(11-9-19)29-12-2-1-3-13-29/h4-11,14,16H,1-3,12-13H2,(H,28,30)(H,25,26,27). The van der Waals surface area contributed by atoms with E-state index in [1.807, 2.05) is 24.3 Å². The zero-order valence-electron chi connectivity index (χ0n) is 16.5. The molecule has 1 amide bonds. The van der Waals surface area contributed by atoms with Crippen molar-refractivity contribution >= 4 is 28.8 Å². The number of amides is 1. The summed E-state index contributed by atoms with van der Waals surface area (Å²) in [6.45, 7) is 2.17. The van der Waals surface area contributed by atoms with E-state index in [0.717, 1.165) is 24.5 Å². The number of piperidine rings is 1. The smallest absolute Gasteiger partial charge is 0.274 e. The van der Waals surface area contributed by atoms with Crippen molar-refractivity contribution in [3.63, 3.8) is 0 Å². The number of hydrogen-bond acceptors (Lipinski definition) is 6. The first-order valence-corrected chi connectivity index (χ1v) is 9.97. The molecular formula is C23H22N6O. The van der Waals surface area contributed by atoms with Crippen molar-refractivity contribution in [3.8, 4) is 6.07 Å². The molecular weight excluding hydrogens is 376 g/mol. The summed E-state index contributed by atoms with van der Waals surface area (Å²) in [6, 6.07) is 18.6. The van der Waals surface area contributed by atoms with Crippen molar-refractivity contribution in [1.29, 1.82) is 5.26 Å². The second-order valence-corrected chi connectivity index (χ2v) is 7.15. The average Bonchev–Trinajstić information content (AvgIpc) is 2.81. The first-order chi connectivity index (χ1) is 14.7. The van der Waals surface area contributed by atoms with Gasteiger partial charge in [-0.05, 0) is 67.8 Å². The number of nitrogens with one attached hydrogen (secondary N) is 2. The van der Waals surface area contributed by atoms with E-state index in [2.05, 4.69) is 31.6 Å². The lowest BCUT2D eigenvalue weighted by Gasteiger charge is -2.28. The van der Waals surface area contributed by atoms with Gasteiger partial charge in [-0.1, -0.05) is 0 Å². The molecule has 4 rings (SSSR count). The van der Waals surface area contributed by atoms with Crippen LogP contribution in [0.4, 0.5) is 22.9 Å². The lowest BCUT2D eigenvalue weighted by atomic mass is 10.1. The lowest BCUT2D eigenvalue weighted by Crippen LogP contribution is -2.29. The van der Waals surface area contributed by atoms with Crippen LogP contribution in [-0.4, -0.2) is 29.0 Å². The Hall–Kier alpha value is -3.92. The molecule has 150 valence electrons. The Morgan fingerprint density at radius 1 is 0.933 bits per heavy atom. The van der Waals surface area contributed by atoms with Crippen LogP contribution in [0.3, 0.4) is 0 Å². The van der Waals surface area contributed by atoms with Crippen molar-refractivity contribution in [2.24, 2.45) is 0 Å². The van der Waals surface area contributed by atoms with E-state index in [9.17, 15) is 4.79 Å². The van der Waals surface area contributed by atoms with E-state index in [0.29, 0.717) is 11.4 Å². The molecule has 0 bridgehead atoms. The molecule has 7 heteroatoms. The zero-order chi connectivity index (χ0) is 20.8. The highest BCUT2D eigenvalue weighted by Crippen LogP contribution is 2.22. The summed E-state index contributed by atoms with van der Waals surface area (Å²) in [6.07, 6.45) is 5.10. The van der Waals surface area contributed by atoms with Crippen LogP contribution in [0.2, 0.25) is 0 Å². The third-order valence-electron chi connectivity index (χ3n) is 5.03. The summed E-state index contributed by atoms with van der Waals surface area (Å²) >= 11 is 0. The van der Waals surface area contributed by atoms with E-state index in [1.165, 1.54) is 31.3 Å². The molecule has 2 aromatic carbocycles. The van der Waals surface area contributed by atoms with Crippen molar-refractivity contribution in [1.82, 2.24) is 9.97 Å². The highest BCUT2D eigenvalue weighted by Gasteiger charge is 2.12. The van der Waals surface area contributed by atoms with Crippen LogP contribution in [0.25, 0.3) is 0 Å². The van der Waals surface area contributed by atoms with Gasteiger partial charge in [0, 0.05) is 36.2 Å². The SMILES string of the molecule is N#Cc1ccc(Nc2cc(C(=O)Nc3ccc(N4CCCCC4)cc3)ncn2)cc1. The Bertz CT molecular complexity index is 1050. The number of carbonyl (C=O) groups is 1. The molecule has 1 saturated heterocycles. The van der Waals surface area contributed by atoms with Gasteiger partial charge in [-0.3, -0.25) is 4.79 Å². The molecule has 0 unspecified atom stereocenters. The molecule has 30 heavy (non-hydrogen) atoms. The minimum atomic E-state index is -0.300. The molecule has 1 aliphatic rings. The lowest BCUT2D eigenvalue weighted by molar-refractivity contribution is 0.102. The fourth-order valence-electron chi connectivity index (χ4n) is 3.43. The first kappa shape index (κ1) is 19.4. The number of aromatic nitrogens is 2. The van der Waals surface area contributed by atoms with Crippen molar-refractivity contribution in [2.75, 3.05) is 28.6 Å². The third-order valence-corrected chi connectivity index (χ3v) is 5.03. The van der Waals surface area contributed by atoms with Gasteiger partial charge in [-0.25, -0.2) is 9.97 Å². The maximum absolute atomic E-state index is 12.6. The van der Waals surface area contributed by atoms with Gasteiger partial charge in [0.2, 0.25) is 0 Å². The molecule has 1 fully saturated rings. The monoisotopic (exact) mass is 398 g/mol. The maximum atomic E-state index is 12.6.